The molecule has 0 unspecified atom stereocenters. The molecule has 0 spiro atoms. The Morgan fingerprint density at radius 2 is 1.40 bits per heavy atom. The van der Waals surface area contributed by atoms with Gasteiger partial charge in [0.05, 0.1) is 4.90 Å². The van der Waals surface area contributed by atoms with Crippen molar-refractivity contribution in [2.45, 2.75) is 4.90 Å². The van der Waals surface area contributed by atoms with E-state index in [-0.39, 0.29) is 9.92 Å². The summed E-state index contributed by atoms with van der Waals surface area (Å²) in [5, 5.41) is 1.98. The van der Waals surface area contributed by atoms with Gasteiger partial charge in [0.1, 0.15) is 5.03 Å². The van der Waals surface area contributed by atoms with Crippen molar-refractivity contribution in [3.8, 4) is 0 Å². The van der Waals surface area contributed by atoms with Gasteiger partial charge in [-0.25, -0.2) is 8.42 Å². The topological polar surface area (TPSA) is 63.2 Å². The Kier molecular flexibility index (Phi) is 4.00. The van der Waals surface area contributed by atoms with Gasteiger partial charge in [-0.05, 0) is 24.3 Å². The summed E-state index contributed by atoms with van der Waals surface area (Å²) in [5.41, 5.74) is 0.372. The van der Waals surface area contributed by atoms with Crippen molar-refractivity contribution in [1.29, 1.82) is 0 Å². The fraction of sp³-hybridized carbons (Fsp3) is 0. The first kappa shape index (κ1) is 14.0. The molecule has 0 fully saturated rings. The van der Waals surface area contributed by atoms with Gasteiger partial charge in [-0.15, -0.1) is 0 Å². The average molecular weight is 287 g/mol. The summed E-state index contributed by atoms with van der Waals surface area (Å²) in [6.45, 7) is 3.45. The molecule has 0 atom stereocenters. The van der Waals surface area contributed by atoms with Gasteiger partial charge < -0.3 is 5.32 Å². The predicted molar refractivity (Wildman–Crippen MR) is 76.7 cm³/mol. The fourth-order valence-electron chi connectivity index (χ4n) is 1.60. The third-order valence-electron chi connectivity index (χ3n) is 2.67. The Labute approximate surface area is 117 Å². The van der Waals surface area contributed by atoms with E-state index in [2.05, 4.69) is 11.9 Å². The maximum absolute atomic E-state index is 12.2. The highest BCUT2D eigenvalue weighted by molar-refractivity contribution is 7.95. The Bertz CT molecular complexity index is 722. The monoisotopic (exact) mass is 287 g/mol. The molecule has 0 radical (unpaired) electrons. The van der Waals surface area contributed by atoms with E-state index in [4.69, 9.17) is 0 Å². The van der Waals surface area contributed by atoms with Gasteiger partial charge in [-0.3, -0.25) is 4.79 Å². The minimum atomic E-state index is -3.77. The first-order chi connectivity index (χ1) is 9.51. The number of carbonyl (C=O) groups is 1. The highest BCUT2D eigenvalue weighted by Gasteiger charge is 2.20. The third kappa shape index (κ3) is 2.95. The molecule has 4 nitrogen and oxygen atoms in total. The van der Waals surface area contributed by atoms with Gasteiger partial charge in [0.2, 0.25) is 9.84 Å². The van der Waals surface area contributed by atoms with Crippen molar-refractivity contribution in [3.63, 3.8) is 0 Å². The van der Waals surface area contributed by atoms with Crippen LogP contribution in [0, 0.1) is 0 Å². The van der Waals surface area contributed by atoms with Gasteiger partial charge >= 0.3 is 0 Å². The molecule has 0 aliphatic carbocycles. The zero-order valence-corrected chi connectivity index (χ0v) is 11.4. The molecule has 0 aromatic heterocycles. The van der Waals surface area contributed by atoms with Gasteiger partial charge in [-0.1, -0.05) is 43.0 Å². The number of amides is 1. The molecule has 0 saturated heterocycles. The van der Waals surface area contributed by atoms with E-state index in [0.717, 1.165) is 0 Å². The second-order valence-corrected chi connectivity index (χ2v) is 6.03. The lowest BCUT2D eigenvalue weighted by molar-refractivity contribution is 0.0968. The predicted octanol–water partition coefficient (Wildman–Crippen LogP) is 2.36. The van der Waals surface area contributed by atoms with Crippen LogP contribution >= 0.6 is 0 Å². The van der Waals surface area contributed by atoms with Crippen LogP contribution in [0.1, 0.15) is 10.4 Å². The fourth-order valence-corrected chi connectivity index (χ4v) is 2.62. The number of nitrogens with one attached hydrogen (secondary N) is 1. The molecular formula is C15H13NO3S. The first-order valence-corrected chi connectivity index (χ1v) is 7.35. The van der Waals surface area contributed by atoms with E-state index in [0.29, 0.717) is 5.56 Å². The van der Waals surface area contributed by atoms with E-state index < -0.39 is 15.7 Å². The summed E-state index contributed by atoms with van der Waals surface area (Å²) >= 11 is 0. The number of rotatable bonds is 4. The summed E-state index contributed by atoms with van der Waals surface area (Å²) in [4.78, 5) is 12.0. The largest absolute Gasteiger partial charge is 0.313 e. The summed E-state index contributed by atoms with van der Waals surface area (Å²) in [6, 6.07) is 16.2. The van der Waals surface area contributed by atoms with Crippen LogP contribution in [0.2, 0.25) is 0 Å². The molecule has 0 saturated carbocycles. The van der Waals surface area contributed by atoms with E-state index in [1.807, 2.05) is 0 Å². The van der Waals surface area contributed by atoms with Crippen molar-refractivity contribution in [1.82, 2.24) is 5.32 Å². The minimum absolute atomic E-state index is 0.0957. The smallest absolute Gasteiger partial charge is 0.256 e. The lowest BCUT2D eigenvalue weighted by atomic mass is 10.2. The van der Waals surface area contributed by atoms with Gasteiger partial charge in [0, 0.05) is 5.56 Å². The Morgan fingerprint density at radius 1 is 0.900 bits per heavy atom. The van der Waals surface area contributed by atoms with Gasteiger partial charge in [0.15, 0.2) is 0 Å². The molecule has 0 heterocycles. The Balaban J connectivity index is 2.19. The number of carbonyl (C=O) groups excluding carboxylic acids is 1. The Morgan fingerprint density at radius 3 is 1.95 bits per heavy atom. The molecular weight excluding hydrogens is 274 g/mol. The zero-order valence-electron chi connectivity index (χ0n) is 10.6. The number of benzene rings is 2. The standard InChI is InChI=1S/C15H13NO3S/c1-12(16-15(17)13-8-4-2-5-9-13)20(18,19)14-10-6-3-7-11-14/h2-11H,1H2,(H,16,17). The average Bonchev–Trinajstić information content (AvgIpc) is 2.49. The van der Waals surface area contributed by atoms with Crippen LogP contribution in [0.4, 0.5) is 0 Å². The second-order valence-electron chi connectivity index (χ2n) is 4.06. The molecule has 5 heteroatoms. The second kappa shape index (κ2) is 5.71. The van der Waals surface area contributed by atoms with Crippen molar-refractivity contribution >= 4 is 15.7 Å². The summed E-state index contributed by atoms with van der Waals surface area (Å²) < 4.78 is 24.4. The van der Waals surface area contributed by atoms with Crippen molar-refractivity contribution in [2.24, 2.45) is 0 Å². The number of sulfone groups is 1. The highest BCUT2D eigenvalue weighted by atomic mass is 32.2. The lowest BCUT2D eigenvalue weighted by Gasteiger charge is -2.09. The van der Waals surface area contributed by atoms with Crippen molar-refractivity contribution < 1.29 is 13.2 Å². The van der Waals surface area contributed by atoms with Gasteiger partial charge in [0.25, 0.3) is 5.91 Å². The minimum Gasteiger partial charge on any atom is -0.313 e. The van der Waals surface area contributed by atoms with E-state index in [9.17, 15) is 13.2 Å². The van der Waals surface area contributed by atoms with E-state index >= 15 is 0 Å². The zero-order chi connectivity index (χ0) is 14.6. The SMILES string of the molecule is C=C(NC(=O)c1ccccc1)S(=O)(=O)c1ccccc1. The van der Waals surface area contributed by atoms with Crippen LogP contribution in [0.3, 0.4) is 0 Å². The van der Waals surface area contributed by atoms with Gasteiger partial charge in [-0.2, -0.15) is 0 Å². The van der Waals surface area contributed by atoms with E-state index in [1.165, 1.54) is 12.1 Å². The third-order valence-corrected chi connectivity index (χ3v) is 4.31. The molecule has 1 amide bonds. The maximum atomic E-state index is 12.2. The molecule has 1 N–H and O–H groups in total. The molecule has 102 valence electrons. The van der Waals surface area contributed by atoms with Crippen LogP contribution in [-0.4, -0.2) is 14.3 Å². The van der Waals surface area contributed by atoms with Crippen LogP contribution in [0.15, 0.2) is 77.2 Å². The molecule has 2 rings (SSSR count). The van der Waals surface area contributed by atoms with Crippen molar-refractivity contribution in [3.05, 3.63) is 77.8 Å². The van der Waals surface area contributed by atoms with Crippen LogP contribution < -0.4 is 5.32 Å². The number of hydrogen-bond acceptors (Lipinski definition) is 3. The first-order valence-electron chi connectivity index (χ1n) is 5.87. The molecule has 0 aliphatic rings. The molecule has 2 aromatic carbocycles. The summed E-state index contributed by atoms with van der Waals surface area (Å²) in [7, 11) is -3.77. The maximum Gasteiger partial charge on any atom is 0.256 e. The molecule has 0 bridgehead atoms. The summed E-state index contributed by atoms with van der Waals surface area (Å²) in [5.74, 6) is -0.505. The van der Waals surface area contributed by atoms with Crippen LogP contribution in [0.25, 0.3) is 0 Å². The summed E-state index contributed by atoms with van der Waals surface area (Å²) in [6.07, 6.45) is 0. The quantitative estimate of drug-likeness (QED) is 0.939. The highest BCUT2D eigenvalue weighted by Crippen LogP contribution is 2.15. The van der Waals surface area contributed by atoms with Crippen LogP contribution in [-0.2, 0) is 9.84 Å². The van der Waals surface area contributed by atoms with Crippen LogP contribution in [0.5, 0.6) is 0 Å². The van der Waals surface area contributed by atoms with E-state index in [1.54, 1.807) is 48.5 Å². The number of hydrogen-bond donors (Lipinski definition) is 1. The molecule has 2 aromatic rings. The molecule has 0 aliphatic heterocycles. The lowest BCUT2D eigenvalue weighted by Crippen LogP contribution is -2.26. The van der Waals surface area contributed by atoms with Crippen molar-refractivity contribution in [2.75, 3.05) is 0 Å². The Hall–Kier alpha value is -2.40. The molecule has 20 heavy (non-hydrogen) atoms. The normalized spacial score (nSPS) is 10.8.